The maximum absolute atomic E-state index is 13.2. The minimum atomic E-state index is 0.121. The summed E-state index contributed by atoms with van der Waals surface area (Å²) in [6, 6.07) is 17.9. The fourth-order valence-electron chi connectivity index (χ4n) is 5.50. The zero-order valence-electron chi connectivity index (χ0n) is 19.1. The molecule has 166 valence electrons. The molecule has 2 aliphatic heterocycles. The predicted octanol–water partition coefficient (Wildman–Crippen LogP) is 4.52. The van der Waals surface area contributed by atoms with E-state index < -0.39 is 0 Å². The lowest BCUT2D eigenvalue weighted by Gasteiger charge is -2.40. The van der Waals surface area contributed by atoms with Crippen molar-refractivity contribution in [2.24, 2.45) is 0 Å². The molecule has 4 nitrogen and oxygen atoms in total. The van der Waals surface area contributed by atoms with Gasteiger partial charge in [-0.1, -0.05) is 42.0 Å². The molecule has 1 aromatic heterocycles. The largest absolute Gasteiger partial charge is 0.304 e. The third-order valence-corrected chi connectivity index (χ3v) is 7.26. The molecule has 0 aliphatic carbocycles. The lowest BCUT2D eigenvalue weighted by molar-refractivity contribution is 0.0947. The molecule has 32 heavy (non-hydrogen) atoms. The number of hydrogen-bond donors (Lipinski definition) is 0. The molecule has 1 saturated heterocycles. The van der Waals surface area contributed by atoms with Gasteiger partial charge in [-0.3, -0.25) is 14.6 Å². The number of piperidine rings is 1. The summed E-state index contributed by atoms with van der Waals surface area (Å²) in [7, 11) is 0. The highest BCUT2D eigenvalue weighted by atomic mass is 16.1. The highest BCUT2D eigenvalue weighted by Gasteiger charge is 2.27. The Kier molecular flexibility index (Phi) is 5.99. The fourth-order valence-corrected chi connectivity index (χ4v) is 5.50. The molecule has 0 N–H and O–H groups in total. The number of nitrogens with zero attached hydrogens (tertiary/aromatic N) is 3. The Morgan fingerprint density at radius 3 is 2.59 bits per heavy atom. The minimum Gasteiger partial charge on any atom is -0.304 e. The van der Waals surface area contributed by atoms with E-state index in [0.29, 0.717) is 12.6 Å². The number of benzene rings is 2. The van der Waals surface area contributed by atoms with Crippen LogP contribution in [0, 0.1) is 6.92 Å². The van der Waals surface area contributed by atoms with Gasteiger partial charge in [-0.25, -0.2) is 0 Å². The summed E-state index contributed by atoms with van der Waals surface area (Å²) in [5, 5.41) is 1.14. The Morgan fingerprint density at radius 2 is 1.81 bits per heavy atom. The van der Waals surface area contributed by atoms with Gasteiger partial charge in [0.1, 0.15) is 0 Å². The second-order valence-electron chi connectivity index (χ2n) is 9.43. The van der Waals surface area contributed by atoms with Crippen molar-refractivity contribution in [2.75, 3.05) is 19.6 Å². The Balaban J connectivity index is 1.29. The molecule has 5 rings (SSSR count). The molecule has 0 radical (unpaired) electrons. The molecular weight excluding hydrogens is 394 g/mol. The van der Waals surface area contributed by atoms with Crippen molar-refractivity contribution in [3.8, 4) is 0 Å². The standard InChI is InChI=1S/C28H33N3O/c1-3-13-31-27-9-8-21(2)17-24(27)18-25(28(31)32)19-29-14-11-26(12-15-29)30-16-10-22-6-4-5-7-23(22)20-30/h3-9,17-18,26H,1,10-16,19-20H2,2H3. The first kappa shape index (κ1) is 21.2. The molecular formula is C28H33N3O. The van der Waals surface area contributed by atoms with Crippen LogP contribution in [0.15, 0.2) is 66.0 Å². The van der Waals surface area contributed by atoms with Crippen LogP contribution in [0.1, 0.15) is 35.1 Å². The number of pyridine rings is 1. The average molecular weight is 428 g/mol. The molecule has 0 atom stereocenters. The third-order valence-electron chi connectivity index (χ3n) is 7.26. The van der Waals surface area contributed by atoms with Crippen LogP contribution >= 0.6 is 0 Å². The zero-order chi connectivity index (χ0) is 22.1. The Labute approximate surface area is 190 Å². The molecule has 0 amide bonds. The van der Waals surface area contributed by atoms with E-state index in [-0.39, 0.29) is 5.56 Å². The first-order valence-electron chi connectivity index (χ1n) is 11.9. The smallest absolute Gasteiger partial charge is 0.255 e. The maximum Gasteiger partial charge on any atom is 0.255 e. The Morgan fingerprint density at radius 1 is 1.03 bits per heavy atom. The monoisotopic (exact) mass is 427 g/mol. The molecule has 1 fully saturated rings. The lowest BCUT2D eigenvalue weighted by Crippen LogP contribution is -2.46. The molecule has 2 aromatic carbocycles. The Bertz CT molecular complexity index is 1190. The topological polar surface area (TPSA) is 28.5 Å². The van der Waals surface area contributed by atoms with Gasteiger partial charge in [0.25, 0.3) is 5.56 Å². The van der Waals surface area contributed by atoms with Gasteiger partial charge in [-0.2, -0.15) is 0 Å². The van der Waals surface area contributed by atoms with Crippen LogP contribution in [0.25, 0.3) is 10.9 Å². The summed E-state index contributed by atoms with van der Waals surface area (Å²) in [4.78, 5) is 18.4. The van der Waals surface area contributed by atoms with Crippen molar-refractivity contribution in [2.45, 2.75) is 51.9 Å². The number of rotatable bonds is 5. The number of aromatic nitrogens is 1. The van der Waals surface area contributed by atoms with Gasteiger partial charge in [0.15, 0.2) is 0 Å². The quantitative estimate of drug-likeness (QED) is 0.561. The van der Waals surface area contributed by atoms with Crippen molar-refractivity contribution < 1.29 is 0 Å². The van der Waals surface area contributed by atoms with Crippen molar-refractivity contribution in [3.05, 3.63) is 93.8 Å². The summed E-state index contributed by atoms with van der Waals surface area (Å²) >= 11 is 0. The Hall–Kier alpha value is -2.69. The average Bonchev–Trinajstić information content (AvgIpc) is 2.82. The van der Waals surface area contributed by atoms with Crippen LogP contribution in [-0.4, -0.2) is 40.0 Å². The third kappa shape index (κ3) is 4.17. The number of hydrogen-bond acceptors (Lipinski definition) is 3. The summed E-state index contributed by atoms with van der Waals surface area (Å²) in [5.41, 5.74) is 6.25. The molecule has 2 aliphatic rings. The van der Waals surface area contributed by atoms with E-state index in [9.17, 15) is 4.79 Å². The van der Waals surface area contributed by atoms with E-state index in [2.05, 4.69) is 71.8 Å². The van der Waals surface area contributed by atoms with E-state index in [1.54, 1.807) is 0 Å². The van der Waals surface area contributed by atoms with Crippen LogP contribution in [-0.2, 0) is 26.1 Å². The van der Waals surface area contributed by atoms with E-state index in [1.807, 2.05) is 10.6 Å². The van der Waals surface area contributed by atoms with Crippen molar-refractivity contribution in [3.63, 3.8) is 0 Å². The summed E-state index contributed by atoms with van der Waals surface area (Å²) < 4.78 is 1.87. The second kappa shape index (κ2) is 9.05. The maximum atomic E-state index is 13.2. The van der Waals surface area contributed by atoms with Gasteiger partial charge >= 0.3 is 0 Å². The molecule has 0 saturated carbocycles. The van der Waals surface area contributed by atoms with Gasteiger partial charge < -0.3 is 4.57 Å². The van der Waals surface area contributed by atoms with E-state index in [4.69, 9.17) is 0 Å². The summed E-state index contributed by atoms with van der Waals surface area (Å²) in [6.07, 6.45) is 5.33. The fraction of sp³-hybridized carbons (Fsp3) is 0.393. The molecule has 4 heteroatoms. The van der Waals surface area contributed by atoms with Crippen molar-refractivity contribution in [1.82, 2.24) is 14.4 Å². The SMILES string of the molecule is C=CCn1c(=O)c(CN2CCC(N3CCc4ccccc4C3)CC2)cc2cc(C)ccc21. The van der Waals surface area contributed by atoms with Gasteiger partial charge in [0.05, 0.1) is 5.52 Å². The molecule has 3 aromatic rings. The first-order valence-corrected chi connectivity index (χ1v) is 11.9. The molecule has 0 bridgehead atoms. The summed E-state index contributed by atoms with van der Waals surface area (Å²) in [5.74, 6) is 0. The van der Waals surface area contributed by atoms with Gasteiger partial charge in [0.2, 0.25) is 0 Å². The first-order chi connectivity index (χ1) is 15.6. The highest BCUT2D eigenvalue weighted by Crippen LogP contribution is 2.25. The van der Waals surface area contributed by atoms with E-state index in [0.717, 1.165) is 55.6 Å². The van der Waals surface area contributed by atoms with Gasteiger partial charge in [0, 0.05) is 37.8 Å². The van der Waals surface area contributed by atoms with Gasteiger partial charge in [-0.15, -0.1) is 6.58 Å². The van der Waals surface area contributed by atoms with E-state index in [1.165, 1.54) is 29.5 Å². The molecule has 3 heterocycles. The van der Waals surface area contributed by atoms with E-state index >= 15 is 0 Å². The van der Waals surface area contributed by atoms with Crippen molar-refractivity contribution >= 4 is 10.9 Å². The highest BCUT2D eigenvalue weighted by molar-refractivity contribution is 5.80. The molecule has 0 unspecified atom stereocenters. The lowest BCUT2D eigenvalue weighted by atomic mass is 9.95. The van der Waals surface area contributed by atoms with Crippen molar-refractivity contribution in [1.29, 1.82) is 0 Å². The number of aryl methyl sites for hydroxylation is 1. The van der Waals surface area contributed by atoms with Gasteiger partial charge in [-0.05, 0) is 74.0 Å². The predicted molar refractivity (Wildman–Crippen MR) is 132 cm³/mol. The minimum absolute atomic E-state index is 0.121. The van der Waals surface area contributed by atoms with Crippen LogP contribution in [0.2, 0.25) is 0 Å². The number of allylic oxidation sites excluding steroid dienone is 1. The molecule has 0 spiro atoms. The summed E-state index contributed by atoms with van der Waals surface area (Å²) in [6.45, 7) is 11.6. The van der Waals surface area contributed by atoms with Crippen LogP contribution in [0.3, 0.4) is 0 Å². The number of likely N-dealkylation sites (tertiary alicyclic amines) is 1. The van der Waals surface area contributed by atoms with Crippen LogP contribution in [0.4, 0.5) is 0 Å². The zero-order valence-corrected chi connectivity index (χ0v) is 19.1. The van der Waals surface area contributed by atoms with Crippen LogP contribution in [0.5, 0.6) is 0 Å². The number of fused-ring (bicyclic) bond motifs is 2. The second-order valence-corrected chi connectivity index (χ2v) is 9.43. The normalized spacial score (nSPS) is 18.0. The van der Waals surface area contributed by atoms with Crippen LogP contribution < -0.4 is 5.56 Å².